The van der Waals surface area contributed by atoms with Crippen LogP contribution in [-0.4, -0.2) is 24.1 Å². The summed E-state index contributed by atoms with van der Waals surface area (Å²) < 4.78 is 4.68. The van der Waals surface area contributed by atoms with Crippen molar-refractivity contribution in [1.29, 1.82) is 0 Å². The highest BCUT2D eigenvalue weighted by atomic mass is 15.0. The fourth-order valence-electron chi connectivity index (χ4n) is 8.09. The zero-order valence-corrected chi connectivity index (χ0v) is 29.1. The molecule has 0 aliphatic carbocycles. The van der Waals surface area contributed by atoms with Crippen molar-refractivity contribution < 1.29 is 0 Å². The minimum Gasteiger partial charge on any atom is -0.309 e. The molecule has 11 rings (SSSR count). The first-order chi connectivity index (χ1) is 26.8. The van der Waals surface area contributed by atoms with Crippen LogP contribution in [0.15, 0.2) is 188 Å². The Kier molecular flexibility index (Phi) is 6.79. The molecule has 0 amide bonds. The summed E-state index contributed by atoms with van der Waals surface area (Å²) in [7, 11) is 0. The third-order valence-electron chi connectivity index (χ3n) is 10.6. The van der Waals surface area contributed by atoms with Crippen molar-refractivity contribution in [2.45, 2.75) is 0 Å². The Bertz CT molecular complexity index is 3200. The Hall–Kier alpha value is -7.37. The van der Waals surface area contributed by atoms with Gasteiger partial charge >= 0.3 is 0 Å². The molecule has 8 aromatic carbocycles. The minimum atomic E-state index is 0.627. The van der Waals surface area contributed by atoms with Crippen molar-refractivity contribution >= 4 is 54.4 Å². The van der Waals surface area contributed by atoms with Crippen LogP contribution < -0.4 is 0 Å². The van der Waals surface area contributed by atoms with E-state index in [1.54, 1.807) is 0 Å². The number of aromatic nitrogens is 5. The van der Waals surface area contributed by atoms with Crippen molar-refractivity contribution in [3.05, 3.63) is 188 Å². The molecule has 0 fully saturated rings. The molecule has 0 radical (unpaired) electrons. The Morgan fingerprint density at radius 3 is 1.54 bits per heavy atom. The number of para-hydroxylation sites is 3. The molecule has 3 aromatic heterocycles. The van der Waals surface area contributed by atoms with E-state index >= 15 is 0 Å². The van der Waals surface area contributed by atoms with Crippen molar-refractivity contribution in [3.8, 4) is 45.5 Å². The van der Waals surface area contributed by atoms with Crippen LogP contribution in [0.2, 0.25) is 0 Å². The molecular weight excluding hydrogens is 659 g/mol. The van der Waals surface area contributed by atoms with E-state index in [-0.39, 0.29) is 0 Å². The van der Waals surface area contributed by atoms with Crippen LogP contribution in [-0.2, 0) is 0 Å². The lowest BCUT2D eigenvalue weighted by Gasteiger charge is -2.11. The third kappa shape index (κ3) is 4.76. The van der Waals surface area contributed by atoms with Crippen molar-refractivity contribution in [3.63, 3.8) is 0 Å². The van der Waals surface area contributed by atoms with Crippen LogP contribution in [0.25, 0.3) is 99.9 Å². The Morgan fingerprint density at radius 2 is 0.796 bits per heavy atom. The summed E-state index contributed by atoms with van der Waals surface area (Å²) in [6, 6.07) is 66.1. The average molecular weight is 690 g/mol. The number of nitrogens with zero attached hydrogens (tertiary/aromatic N) is 5. The van der Waals surface area contributed by atoms with Gasteiger partial charge in [-0.3, -0.25) is 0 Å². The highest BCUT2D eigenvalue weighted by Gasteiger charge is 2.18. The van der Waals surface area contributed by atoms with Gasteiger partial charge < -0.3 is 9.13 Å². The Balaban J connectivity index is 1.07. The molecule has 0 atom stereocenters. The van der Waals surface area contributed by atoms with E-state index in [4.69, 9.17) is 15.0 Å². The van der Waals surface area contributed by atoms with E-state index in [9.17, 15) is 0 Å². The number of rotatable bonds is 5. The van der Waals surface area contributed by atoms with Crippen LogP contribution in [0.3, 0.4) is 0 Å². The van der Waals surface area contributed by atoms with Crippen LogP contribution >= 0.6 is 0 Å². The highest BCUT2D eigenvalue weighted by molar-refractivity contribution is 6.21. The lowest BCUT2D eigenvalue weighted by Crippen LogP contribution is -2.01. The van der Waals surface area contributed by atoms with Gasteiger partial charge in [0.25, 0.3) is 0 Å². The average Bonchev–Trinajstić information content (AvgIpc) is 3.77. The topological polar surface area (TPSA) is 48.5 Å². The molecule has 0 unspecified atom stereocenters. The van der Waals surface area contributed by atoms with Gasteiger partial charge in [-0.05, 0) is 71.4 Å². The molecule has 5 nitrogen and oxygen atoms in total. The molecule has 0 spiro atoms. The third-order valence-corrected chi connectivity index (χ3v) is 10.6. The second-order valence-electron chi connectivity index (χ2n) is 13.7. The lowest BCUT2D eigenvalue weighted by molar-refractivity contribution is 1.07. The van der Waals surface area contributed by atoms with Crippen molar-refractivity contribution in [2.75, 3.05) is 0 Å². The fourth-order valence-corrected chi connectivity index (χ4v) is 8.09. The standard InChI is InChI=1S/C49H31N5/c1-3-14-33(15-4-1)47-50-48(52-49(51-47)35-25-29-40-39-19-9-11-21-42(39)54(45(40)31-35)36-16-5-2-6-17-36)34-23-27-37(28-24-34)53-43-22-12-10-20-41(43)46-38-18-8-7-13-32(38)26-30-44(46)53/h1-31H. The van der Waals surface area contributed by atoms with Gasteiger partial charge in [-0.15, -0.1) is 0 Å². The van der Waals surface area contributed by atoms with Crippen LogP contribution in [0.4, 0.5) is 0 Å². The molecule has 0 N–H and O–H groups in total. The quantitative estimate of drug-likeness (QED) is 0.181. The molecule has 0 saturated carbocycles. The molecule has 0 bridgehead atoms. The fraction of sp³-hybridized carbons (Fsp3) is 0. The maximum atomic E-state index is 5.15. The highest BCUT2D eigenvalue weighted by Crippen LogP contribution is 2.38. The molecule has 5 heteroatoms. The first-order valence-corrected chi connectivity index (χ1v) is 18.2. The van der Waals surface area contributed by atoms with E-state index in [0.717, 1.165) is 39.1 Å². The van der Waals surface area contributed by atoms with Crippen LogP contribution in [0, 0.1) is 0 Å². The summed E-state index contributed by atoms with van der Waals surface area (Å²) in [5, 5.41) is 7.40. The zero-order valence-electron chi connectivity index (χ0n) is 29.1. The number of benzene rings is 8. The van der Waals surface area contributed by atoms with Gasteiger partial charge in [-0.2, -0.15) is 0 Å². The molecule has 11 aromatic rings. The summed E-state index contributed by atoms with van der Waals surface area (Å²) in [5.41, 5.74) is 9.60. The molecule has 54 heavy (non-hydrogen) atoms. The van der Waals surface area contributed by atoms with E-state index in [1.807, 2.05) is 18.2 Å². The summed E-state index contributed by atoms with van der Waals surface area (Å²) in [4.78, 5) is 15.3. The van der Waals surface area contributed by atoms with E-state index in [0.29, 0.717) is 17.5 Å². The van der Waals surface area contributed by atoms with Gasteiger partial charge in [0.05, 0.1) is 22.1 Å². The van der Waals surface area contributed by atoms with E-state index in [2.05, 4.69) is 179 Å². The first-order valence-electron chi connectivity index (χ1n) is 18.2. The van der Waals surface area contributed by atoms with Crippen LogP contribution in [0.5, 0.6) is 0 Å². The smallest absolute Gasteiger partial charge is 0.164 e. The lowest BCUT2D eigenvalue weighted by atomic mass is 10.0. The van der Waals surface area contributed by atoms with Crippen molar-refractivity contribution in [1.82, 2.24) is 24.1 Å². The number of hydrogen-bond donors (Lipinski definition) is 0. The largest absolute Gasteiger partial charge is 0.309 e. The van der Waals surface area contributed by atoms with Crippen LogP contribution in [0.1, 0.15) is 0 Å². The van der Waals surface area contributed by atoms with E-state index < -0.39 is 0 Å². The normalized spacial score (nSPS) is 11.7. The maximum absolute atomic E-state index is 5.15. The summed E-state index contributed by atoms with van der Waals surface area (Å²) >= 11 is 0. The molecule has 0 aliphatic rings. The first kappa shape index (κ1) is 30.3. The van der Waals surface area contributed by atoms with Gasteiger partial charge in [0.2, 0.25) is 0 Å². The Morgan fingerprint density at radius 1 is 0.296 bits per heavy atom. The minimum absolute atomic E-state index is 0.627. The van der Waals surface area contributed by atoms with Gasteiger partial charge in [0.1, 0.15) is 0 Å². The summed E-state index contributed by atoms with van der Waals surface area (Å²) in [6.45, 7) is 0. The molecule has 0 saturated heterocycles. The predicted octanol–water partition coefficient (Wildman–Crippen LogP) is 12.2. The summed E-state index contributed by atoms with van der Waals surface area (Å²) in [5.74, 6) is 1.89. The Labute approximate surface area is 311 Å². The molecule has 3 heterocycles. The summed E-state index contributed by atoms with van der Waals surface area (Å²) in [6.07, 6.45) is 0. The monoisotopic (exact) mass is 689 g/mol. The van der Waals surface area contributed by atoms with Gasteiger partial charge in [-0.1, -0.05) is 127 Å². The predicted molar refractivity (Wildman–Crippen MR) is 222 cm³/mol. The maximum Gasteiger partial charge on any atom is 0.164 e. The molecular formula is C49H31N5. The SMILES string of the molecule is c1ccc(-c2nc(-c3ccc(-n4c5ccccc5c5c6ccccc6ccc54)cc3)nc(-c3ccc4c5ccccc5n(-c5ccccc5)c4c3)n2)cc1. The van der Waals surface area contributed by atoms with Gasteiger partial charge in [0, 0.05) is 49.6 Å². The van der Waals surface area contributed by atoms with Crippen molar-refractivity contribution in [2.24, 2.45) is 0 Å². The zero-order chi connectivity index (χ0) is 35.6. The number of fused-ring (bicyclic) bond motifs is 8. The second-order valence-corrected chi connectivity index (χ2v) is 13.7. The van der Waals surface area contributed by atoms with Gasteiger partial charge in [-0.25, -0.2) is 15.0 Å². The second kappa shape index (κ2) is 12.1. The molecule has 252 valence electrons. The molecule has 0 aliphatic heterocycles. The van der Waals surface area contributed by atoms with Gasteiger partial charge in [0.15, 0.2) is 17.5 Å². The van der Waals surface area contributed by atoms with E-state index in [1.165, 1.54) is 43.4 Å². The number of hydrogen-bond acceptors (Lipinski definition) is 3.